The Morgan fingerprint density at radius 3 is 2.84 bits per heavy atom. The van der Waals surface area contributed by atoms with Gasteiger partial charge in [-0.2, -0.15) is 0 Å². The fourth-order valence-electron chi connectivity index (χ4n) is 3.27. The summed E-state index contributed by atoms with van der Waals surface area (Å²) in [6, 6.07) is 8.45. The summed E-state index contributed by atoms with van der Waals surface area (Å²) < 4.78 is 27.6. The second kappa shape index (κ2) is 6.40. The summed E-state index contributed by atoms with van der Waals surface area (Å²) in [5, 5.41) is 13.2. The first kappa shape index (κ1) is 16.0. The Kier molecular flexibility index (Phi) is 4.09. The van der Waals surface area contributed by atoms with Crippen LogP contribution in [0.4, 0.5) is 14.6 Å². The molecule has 0 aromatic carbocycles. The molecule has 1 saturated carbocycles. The zero-order valence-electron chi connectivity index (χ0n) is 13.4. The summed E-state index contributed by atoms with van der Waals surface area (Å²) in [6.45, 7) is 0. The number of nitrogens with zero attached hydrogens (tertiary/aromatic N) is 3. The van der Waals surface area contributed by atoms with E-state index in [1.165, 1.54) is 12.3 Å². The molecule has 0 bridgehead atoms. The van der Waals surface area contributed by atoms with Gasteiger partial charge in [-0.1, -0.05) is 6.07 Å². The number of anilines is 1. The number of nitrogens with one attached hydrogen (secondary N) is 1. The van der Waals surface area contributed by atoms with E-state index in [-0.39, 0.29) is 17.7 Å². The molecule has 3 aromatic heterocycles. The number of aliphatic hydroxyl groups excluding tert-OH is 1. The van der Waals surface area contributed by atoms with E-state index in [4.69, 9.17) is 0 Å². The quantitative estimate of drug-likeness (QED) is 0.758. The third-order valence-corrected chi connectivity index (χ3v) is 4.60. The largest absolute Gasteiger partial charge is 0.391 e. The molecule has 1 fully saturated rings. The molecule has 130 valence electrons. The van der Waals surface area contributed by atoms with Crippen LogP contribution in [-0.4, -0.2) is 31.6 Å². The van der Waals surface area contributed by atoms with Gasteiger partial charge in [0.05, 0.1) is 29.7 Å². The maximum atomic E-state index is 13.0. The normalized spacial score (nSPS) is 20.5. The van der Waals surface area contributed by atoms with Crippen molar-refractivity contribution in [2.75, 3.05) is 5.32 Å². The molecule has 0 spiro atoms. The fraction of sp³-hybridized carbons (Fsp3) is 0.333. The Morgan fingerprint density at radius 2 is 2.08 bits per heavy atom. The number of pyridine rings is 2. The van der Waals surface area contributed by atoms with Gasteiger partial charge in [0.25, 0.3) is 6.43 Å². The van der Waals surface area contributed by atoms with Gasteiger partial charge in [0.2, 0.25) is 0 Å². The molecule has 7 heteroatoms. The van der Waals surface area contributed by atoms with Crippen LogP contribution in [0.1, 0.15) is 31.3 Å². The highest BCUT2D eigenvalue weighted by Gasteiger charge is 2.25. The molecule has 2 N–H and O–H groups in total. The zero-order valence-corrected chi connectivity index (χ0v) is 13.4. The van der Waals surface area contributed by atoms with E-state index in [2.05, 4.69) is 15.3 Å². The van der Waals surface area contributed by atoms with E-state index in [9.17, 15) is 13.9 Å². The zero-order chi connectivity index (χ0) is 17.4. The highest BCUT2D eigenvalue weighted by Crippen LogP contribution is 2.26. The number of halogens is 2. The van der Waals surface area contributed by atoms with Gasteiger partial charge in [0.15, 0.2) is 0 Å². The smallest absolute Gasteiger partial charge is 0.265 e. The number of imidazole rings is 1. The number of aliphatic hydroxyl groups is 1. The van der Waals surface area contributed by atoms with Crippen molar-refractivity contribution in [1.82, 2.24) is 14.4 Å². The Morgan fingerprint density at radius 1 is 1.20 bits per heavy atom. The van der Waals surface area contributed by atoms with Crippen LogP contribution < -0.4 is 5.32 Å². The molecule has 0 saturated heterocycles. The molecular formula is C18H18F2N4O. The van der Waals surface area contributed by atoms with E-state index in [0.717, 1.165) is 19.3 Å². The third-order valence-electron chi connectivity index (χ3n) is 4.60. The van der Waals surface area contributed by atoms with Crippen LogP contribution in [0.2, 0.25) is 0 Å². The van der Waals surface area contributed by atoms with Crippen molar-refractivity contribution in [2.24, 2.45) is 0 Å². The van der Waals surface area contributed by atoms with Gasteiger partial charge in [-0.15, -0.1) is 0 Å². The molecule has 0 amide bonds. The van der Waals surface area contributed by atoms with E-state index in [1.54, 1.807) is 16.7 Å². The summed E-state index contributed by atoms with van der Waals surface area (Å²) >= 11 is 0. The van der Waals surface area contributed by atoms with Crippen molar-refractivity contribution in [3.8, 4) is 11.4 Å². The Hall–Kier alpha value is -2.54. The molecule has 25 heavy (non-hydrogen) atoms. The van der Waals surface area contributed by atoms with Crippen LogP contribution in [0.3, 0.4) is 0 Å². The van der Waals surface area contributed by atoms with E-state index >= 15 is 0 Å². The lowest BCUT2D eigenvalue weighted by Crippen LogP contribution is -2.28. The van der Waals surface area contributed by atoms with Crippen molar-refractivity contribution in [1.29, 1.82) is 0 Å². The molecule has 0 unspecified atom stereocenters. The minimum absolute atomic E-state index is 0.00429. The van der Waals surface area contributed by atoms with Gasteiger partial charge in [-0.25, -0.2) is 18.7 Å². The minimum Gasteiger partial charge on any atom is -0.391 e. The van der Waals surface area contributed by atoms with Gasteiger partial charge < -0.3 is 10.4 Å². The van der Waals surface area contributed by atoms with Crippen molar-refractivity contribution in [2.45, 2.75) is 37.8 Å². The number of alkyl halides is 2. The average molecular weight is 344 g/mol. The Balaban J connectivity index is 1.68. The van der Waals surface area contributed by atoms with Crippen LogP contribution in [0.25, 0.3) is 17.0 Å². The number of aromatic nitrogens is 3. The fourth-order valence-corrected chi connectivity index (χ4v) is 3.27. The van der Waals surface area contributed by atoms with Gasteiger partial charge in [-0.05, 0) is 43.5 Å². The third kappa shape index (κ3) is 3.07. The summed E-state index contributed by atoms with van der Waals surface area (Å²) in [6.07, 6.45) is 2.80. The van der Waals surface area contributed by atoms with Crippen molar-refractivity contribution >= 4 is 11.5 Å². The number of hydrogen-bond acceptors (Lipinski definition) is 4. The highest BCUT2D eigenvalue weighted by atomic mass is 19.3. The summed E-state index contributed by atoms with van der Waals surface area (Å²) in [5.74, 6) is 0.656. The van der Waals surface area contributed by atoms with Crippen molar-refractivity contribution in [3.63, 3.8) is 0 Å². The first-order valence-electron chi connectivity index (χ1n) is 8.29. The topological polar surface area (TPSA) is 62.5 Å². The monoisotopic (exact) mass is 344 g/mol. The standard InChI is InChI=1S/C18H18F2N4O/c19-18(20)11-7-8-17-21-9-14(24(17)10-11)12-3-2-6-16(22-12)23-13-4-1-5-15(13)25/h2-3,6-10,13,15,18,25H,1,4-5H2,(H,22,23)/t13-,15-/m0/s1. The lowest BCUT2D eigenvalue weighted by atomic mass is 10.2. The summed E-state index contributed by atoms with van der Waals surface area (Å²) in [7, 11) is 0. The summed E-state index contributed by atoms with van der Waals surface area (Å²) in [4.78, 5) is 8.83. The van der Waals surface area contributed by atoms with E-state index < -0.39 is 6.43 Å². The predicted molar refractivity (Wildman–Crippen MR) is 90.6 cm³/mol. The summed E-state index contributed by atoms with van der Waals surface area (Å²) in [5.41, 5.74) is 1.81. The van der Waals surface area contributed by atoms with Crippen LogP contribution in [0, 0.1) is 0 Å². The van der Waals surface area contributed by atoms with Crippen molar-refractivity contribution < 1.29 is 13.9 Å². The second-order valence-electron chi connectivity index (χ2n) is 6.29. The Labute approximate surface area is 143 Å². The van der Waals surface area contributed by atoms with Crippen molar-refractivity contribution in [3.05, 3.63) is 48.3 Å². The molecule has 1 aliphatic rings. The first-order chi connectivity index (χ1) is 12.1. The number of rotatable bonds is 4. The van der Waals surface area contributed by atoms with Crippen LogP contribution in [0.5, 0.6) is 0 Å². The number of hydrogen-bond donors (Lipinski definition) is 2. The van der Waals surface area contributed by atoms with E-state index in [0.29, 0.717) is 22.9 Å². The number of fused-ring (bicyclic) bond motifs is 1. The first-order valence-corrected chi connectivity index (χ1v) is 8.29. The van der Waals surface area contributed by atoms with Crippen LogP contribution in [-0.2, 0) is 0 Å². The van der Waals surface area contributed by atoms with Gasteiger partial charge >= 0.3 is 0 Å². The Bertz CT molecular complexity index is 896. The lowest BCUT2D eigenvalue weighted by molar-refractivity contribution is 0.151. The molecule has 0 radical (unpaired) electrons. The lowest BCUT2D eigenvalue weighted by Gasteiger charge is -2.17. The van der Waals surface area contributed by atoms with Gasteiger partial charge in [0, 0.05) is 11.8 Å². The minimum atomic E-state index is -2.54. The maximum Gasteiger partial charge on any atom is 0.265 e. The molecule has 5 nitrogen and oxygen atoms in total. The second-order valence-corrected chi connectivity index (χ2v) is 6.29. The molecular weight excluding hydrogens is 326 g/mol. The highest BCUT2D eigenvalue weighted by molar-refractivity contribution is 5.62. The maximum absolute atomic E-state index is 13.0. The molecule has 0 aliphatic heterocycles. The predicted octanol–water partition coefficient (Wildman–Crippen LogP) is 3.66. The van der Waals surface area contributed by atoms with Crippen LogP contribution in [0.15, 0.2) is 42.7 Å². The molecule has 3 heterocycles. The van der Waals surface area contributed by atoms with Crippen LogP contribution >= 0.6 is 0 Å². The SMILES string of the molecule is O[C@H]1CCC[C@@H]1Nc1cccc(-c2cnc3ccc(C(F)F)cn23)n1. The average Bonchev–Trinajstić information content (AvgIpc) is 3.21. The molecule has 1 aliphatic carbocycles. The van der Waals surface area contributed by atoms with Gasteiger partial charge in [0.1, 0.15) is 11.5 Å². The molecule has 2 atom stereocenters. The van der Waals surface area contributed by atoms with E-state index in [1.807, 2.05) is 18.2 Å². The van der Waals surface area contributed by atoms with Gasteiger partial charge in [-0.3, -0.25) is 4.40 Å². The molecule has 4 rings (SSSR count). The molecule has 3 aromatic rings.